The van der Waals surface area contributed by atoms with Crippen LogP contribution in [0.3, 0.4) is 0 Å². The number of phenolic OH excluding ortho intramolecular Hbond substituents is 2. The Kier molecular flexibility index (Phi) is 7.41. The number of nitrogens with zero attached hydrogens (tertiary/aromatic N) is 1. The fraction of sp³-hybridized carbons (Fsp3) is 0.300. The third-order valence-corrected chi connectivity index (χ3v) is 6.45. The van der Waals surface area contributed by atoms with Crippen LogP contribution in [0, 0.1) is 6.92 Å². The molecular formula is C20H24N2O7S. The minimum absolute atomic E-state index is 0.102. The largest absolute Gasteiger partial charge is 0.504 e. The second-order valence-electron chi connectivity index (χ2n) is 6.37. The molecule has 0 heterocycles. The highest BCUT2D eigenvalue weighted by atomic mass is 32.2. The van der Waals surface area contributed by atoms with Crippen molar-refractivity contribution in [2.75, 3.05) is 25.0 Å². The van der Waals surface area contributed by atoms with Gasteiger partial charge in [-0.05, 0) is 42.8 Å². The highest BCUT2D eigenvalue weighted by Crippen LogP contribution is 2.32. The van der Waals surface area contributed by atoms with Crippen molar-refractivity contribution in [1.82, 2.24) is 4.31 Å². The number of amides is 1. The third-order valence-electron chi connectivity index (χ3n) is 4.39. The van der Waals surface area contributed by atoms with Crippen LogP contribution in [0.25, 0.3) is 0 Å². The minimum Gasteiger partial charge on any atom is -0.504 e. The summed E-state index contributed by atoms with van der Waals surface area (Å²) < 4.78 is 31.1. The van der Waals surface area contributed by atoms with Crippen LogP contribution in [0.5, 0.6) is 11.5 Å². The molecule has 9 nitrogen and oxygen atoms in total. The van der Waals surface area contributed by atoms with E-state index in [4.69, 9.17) is 4.74 Å². The second kappa shape index (κ2) is 9.59. The monoisotopic (exact) mass is 436 g/mol. The summed E-state index contributed by atoms with van der Waals surface area (Å²) in [6.07, 6.45) is 0. The molecule has 2 aromatic carbocycles. The van der Waals surface area contributed by atoms with Gasteiger partial charge in [-0.1, -0.05) is 19.9 Å². The topological polar surface area (TPSA) is 133 Å². The zero-order valence-corrected chi connectivity index (χ0v) is 17.7. The number of hydrogen-bond donors (Lipinski definition) is 3. The molecule has 10 heteroatoms. The average Bonchev–Trinajstić information content (AvgIpc) is 2.71. The molecule has 0 aliphatic carbocycles. The molecule has 30 heavy (non-hydrogen) atoms. The number of sulfonamides is 1. The second-order valence-corrected chi connectivity index (χ2v) is 8.30. The highest BCUT2D eigenvalue weighted by Gasteiger charge is 2.21. The molecule has 0 atom stereocenters. The zero-order valence-electron chi connectivity index (χ0n) is 16.9. The first kappa shape index (κ1) is 23.2. The maximum Gasteiger partial charge on any atom is 0.342 e. The molecule has 0 saturated carbocycles. The number of ether oxygens (including phenoxy) is 1. The van der Waals surface area contributed by atoms with E-state index in [1.54, 1.807) is 20.8 Å². The Hall–Kier alpha value is -3.11. The van der Waals surface area contributed by atoms with Crippen molar-refractivity contribution in [3.8, 4) is 11.5 Å². The van der Waals surface area contributed by atoms with E-state index in [-0.39, 0.29) is 10.5 Å². The average molecular weight is 436 g/mol. The van der Waals surface area contributed by atoms with E-state index in [0.29, 0.717) is 24.3 Å². The van der Waals surface area contributed by atoms with Gasteiger partial charge in [-0.2, -0.15) is 4.31 Å². The first-order chi connectivity index (χ1) is 14.1. The first-order valence-corrected chi connectivity index (χ1v) is 10.6. The van der Waals surface area contributed by atoms with Crippen LogP contribution in [-0.4, -0.2) is 54.5 Å². The molecule has 2 rings (SSSR count). The fourth-order valence-electron chi connectivity index (χ4n) is 2.67. The van der Waals surface area contributed by atoms with Crippen LogP contribution >= 0.6 is 0 Å². The molecule has 0 bridgehead atoms. The van der Waals surface area contributed by atoms with Crippen molar-refractivity contribution in [1.29, 1.82) is 0 Å². The smallest absolute Gasteiger partial charge is 0.342 e. The highest BCUT2D eigenvalue weighted by molar-refractivity contribution is 7.89. The van der Waals surface area contributed by atoms with Crippen LogP contribution in [0.2, 0.25) is 0 Å². The number of esters is 1. The molecule has 0 fully saturated rings. The summed E-state index contributed by atoms with van der Waals surface area (Å²) in [4.78, 5) is 24.1. The number of aryl methyl sites for hydroxylation is 1. The van der Waals surface area contributed by atoms with Gasteiger partial charge >= 0.3 is 5.97 Å². The Morgan fingerprint density at radius 3 is 2.17 bits per heavy atom. The van der Waals surface area contributed by atoms with Crippen molar-refractivity contribution in [2.24, 2.45) is 0 Å². The summed E-state index contributed by atoms with van der Waals surface area (Å²) in [5.41, 5.74) is 0.440. The third kappa shape index (κ3) is 5.08. The number of aromatic hydroxyl groups is 2. The lowest BCUT2D eigenvalue weighted by molar-refractivity contribution is -0.119. The Balaban J connectivity index is 1.99. The van der Waals surface area contributed by atoms with Crippen molar-refractivity contribution in [2.45, 2.75) is 25.7 Å². The molecule has 0 aromatic heterocycles. The Morgan fingerprint density at radius 1 is 1.00 bits per heavy atom. The molecule has 0 unspecified atom stereocenters. The van der Waals surface area contributed by atoms with Gasteiger partial charge in [0.05, 0.1) is 4.90 Å². The number of nitrogens with one attached hydrogen (secondary N) is 1. The number of benzene rings is 2. The molecule has 2 aromatic rings. The van der Waals surface area contributed by atoms with Gasteiger partial charge in [0.2, 0.25) is 10.0 Å². The molecule has 3 N–H and O–H groups in total. The standard InChI is InChI=1S/C20H24N2O7S/c1-4-22(5-2)30(27,28)15-9-7-14(8-10-15)21-17(23)12-29-20(26)16-11-6-13(3)18(24)19(16)25/h6-11,24-25H,4-5,12H2,1-3H3,(H,21,23). The lowest BCUT2D eigenvalue weighted by Gasteiger charge is -2.18. The molecule has 0 saturated heterocycles. The molecule has 0 radical (unpaired) electrons. The van der Waals surface area contributed by atoms with Crippen molar-refractivity contribution in [3.05, 3.63) is 47.5 Å². The molecule has 0 aliphatic heterocycles. The predicted molar refractivity (Wildman–Crippen MR) is 110 cm³/mol. The van der Waals surface area contributed by atoms with E-state index in [1.807, 2.05) is 0 Å². The molecule has 162 valence electrons. The van der Waals surface area contributed by atoms with Gasteiger partial charge in [-0.25, -0.2) is 13.2 Å². The van der Waals surface area contributed by atoms with Gasteiger partial charge in [0.25, 0.3) is 5.91 Å². The summed E-state index contributed by atoms with van der Waals surface area (Å²) in [7, 11) is -3.60. The lowest BCUT2D eigenvalue weighted by Crippen LogP contribution is -2.30. The van der Waals surface area contributed by atoms with Gasteiger partial charge < -0.3 is 20.3 Å². The normalized spacial score (nSPS) is 11.3. The molecular weight excluding hydrogens is 412 g/mol. The first-order valence-electron chi connectivity index (χ1n) is 9.20. The van der Waals surface area contributed by atoms with Gasteiger partial charge in [-0.3, -0.25) is 4.79 Å². The minimum atomic E-state index is -3.60. The van der Waals surface area contributed by atoms with E-state index in [2.05, 4.69) is 5.32 Å². The van der Waals surface area contributed by atoms with E-state index in [0.717, 1.165) is 0 Å². The molecule has 0 spiro atoms. The summed E-state index contributed by atoms with van der Waals surface area (Å²) in [6, 6.07) is 8.32. The summed E-state index contributed by atoms with van der Waals surface area (Å²) >= 11 is 0. The van der Waals surface area contributed by atoms with Crippen molar-refractivity contribution >= 4 is 27.6 Å². The summed E-state index contributed by atoms with van der Waals surface area (Å²) in [5.74, 6) is -2.68. The predicted octanol–water partition coefficient (Wildman–Crippen LogP) is 2.23. The number of anilines is 1. The van der Waals surface area contributed by atoms with Crippen LogP contribution in [0.4, 0.5) is 5.69 Å². The van der Waals surface area contributed by atoms with Crippen LogP contribution < -0.4 is 5.32 Å². The van der Waals surface area contributed by atoms with E-state index >= 15 is 0 Å². The van der Waals surface area contributed by atoms with E-state index < -0.39 is 40.0 Å². The van der Waals surface area contributed by atoms with Gasteiger partial charge in [-0.15, -0.1) is 0 Å². The zero-order chi connectivity index (χ0) is 22.5. The Bertz CT molecular complexity index is 1030. The number of hydrogen-bond acceptors (Lipinski definition) is 7. The summed E-state index contributed by atoms with van der Waals surface area (Å²) in [6.45, 7) is 5.10. The maximum absolute atomic E-state index is 12.5. The Morgan fingerprint density at radius 2 is 1.60 bits per heavy atom. The van der Waals surface area contributed by atoms with Crippen LogP contribution in [0.15, 0.2) is 41.3 Å². The number of phenols is 2. The number of rotatable bonds is 8. The quantitative estimate of drug-likeness (QED) is 0.427. The van der Waals surface area contributed by atoms with Crippen LogP contribution in [-0.2, 0) is 19.6 Å². The number of carbonyl (C=O) groups excluding carboxylic acids is 2. The van der Waals surface area contributed by atoms with E-state index in [9.17, 15) is 28.2 Å². The molecule has 0 aliphatic rings. The SMILES string of the molecule is CCN(CC)S(=O)(=O)c1ccc(NC(=O)COC(=O)c2ccc(C)c(O)c2O)cc1. The van der Waals surface area contributed by atoms with Crippen LogP contribution in [0.1, 0.15) is 29.8 Å². The van der Waals surface area contributed by atoms with Gasteiger partial charge in [0.1, 0.15) is 5.56 Å². The van der Waals surface area contributed by atoms with Crippen molar-refractivity contribution < 1.29 is 33.0 Å². The number of carbonyl (C=O) groups is 2. The van der Waals surface area contributed by atoms with Gasteiger partial charge in [0.15, 0.2) is 18.1 Å². The lowest BCUT2D eigenvalue weighted by atomic mass is 10.1. The molecule has 1 amide bonds. The van der Waals surface area contributed by atoms with E-state index in [1.165, 1.54) is 40.7 Å². The maximum atomic E-state index is 12.5. The van der Waals surface area contributed by atoms with Gasteiger partial charge in [0, 0.05) is 18.8 Å². The Labute approximate surface area is 175 Å². The fourth-order valence-corrected chi connectivity index (χ4v) is 4.13. The summed E-state index contributed by atoms with van der Waals surface area (Å²) in [5, 5.41) is 22.0. The van der Waals surface area contributed by atoms with Crippen molar-refractivity contribution in [3.63, 3.8) is 0 Å².